The zero-order valence-electron chi connectivity index (χ0n) is 16.6. The Morgan fingerprint density at radius 2 is 2.03 bits per heavy atom. The first kappa shape index (κ1) is 20.1. The lowest BCUT2D eigenvalue weighted by Gasteiger charge is -2.35. The van der Waals surface area contributed by atoms with Crippen LogP contribution in [-0.2, 0) is 14.3 Å². The van der Waals surface area contributed by atoms with Gasteiger partial charge >= 0.3 is 5.97 Å². The number of carbonyl (C=O) groups excluding carboxylic acids is 2. The first-order valence-corrected chi connectivity index (χ1v) is 10.9. The maximum atomic E-state index is 13.1. The van der Waals surface area contributed by atoms with Crippen molar-refractivity contribution < 1.29 is 23.8 Å². The molecule has 0 fully saturated rings. The Bertz CT molecular complexity index is 920. The van der Waals surface area contributed by atoms with Gasteiger partial charge in [-0.25, -0.2) is 0 Å². The molecule has 1 aromatic carbocycles. The third kappa shape index (κ3) is 3.72. The van der Waals surface area contributed by atoms with Crippen LogP contribution in [0.3, 0.4) is 0 Å². The van der Waals surface area contributed by atoms with Gasteiger partial charge < -0.3 is 14.2 Å². The van der Waals surface area contributed by atoms with Gasteiger partial charge in [0.1, 0.15) is 5.92 Å². The van der Waals surface area contributed by atoms with Crippen molar-refractivity contribution >= 4 is 33.4 Å². The minimum atomic E-state index is -0.635. The average molecular weight is 462 g/mol. The number of ketones is 1. The van der Waals surface area contributed by atoms with E-state index >= 15 is 0 Å². The summed E-state index contributed by atoms with van der Waals surface area (Å²) in [6.45, 7) is 4.42. The number of ether oxygens (including phenoxy) is 3. The molecule has 1 aromatic rings. The van der Waals surface area contributed by atoms with E-state index in [9.17, 15) is 9.59 Å². The Morgan fingerprint density at radius 1 is 1.28 bits per heavy atom. The smallest absolute Gasteiger partial charge is 0.315 e. The van der Waals surface area contributed by atoms with Gasteiger partial charge in [-0.2, -0.15) is 0 Å². The van der Waals surface area contributed by atoms with Gasteiger partial charge in [0.25, 0.3) is 0 Å². The maximum absolute atomic E-state index is 13.1. The highest BCUT2D eigenvalue weighted by Gasteiger charge is 2.44. The van der Waals surface area contributed by atoms with Crippen LogP contribution in [0, 0.1) is 5.92 Å². The van der Waals surface area contributed by atoms with E-state index in [-0.39, 0.29) is 18.5 Å². The van der Waals surface area contributed by atoms with Gasteiger partial charge in [-0.15, -0.1) is 0 Å². The van der Waals surface area contributed by atoms with Gasteiger partial charge in [-0.3, -0.25) is 14.6 Å². The van der Waals surface area contributed by atoms with E-state index in [1.165, 1.54) is 0 Å². The highest BCUT2D eigenvalue weighted by molar-refractivity contribution is 9.10. The Hall–Kier alpha value is -2.15. The number of rotatable bonds is 5. The molecule has 2 atom stereocenters. The minimum absolute atomic E-state index is 0.0587. The minimum Gasteiger partial charge on any atom is -0.465 e. The van der Waals surface area contributed by atoms with E-state index in [4.69, 9.17) is 14.2 Å². The van der Waals surface area contributed by atoms with E-state index < -0.39 is 11.8 Å². The number of hydrogen-bond donors (Lipinski definition) is 0. The second kappa shape index (κ2) is 8.30. The number of halogens is 1. The van der Waals surface area contributed by atoms with Crippen molar-refractivity contribution in [3.8, 4) is 11.5 Å². The number of Topliss-reactive ketones (excluding diaryl/α,β-unsaturated/α-hetero) is 1. The SMILES string of the molecule is CCCCOC(=O)C1C(C)=NC2=C(C(=O)CCC2)[C@@H]1c1cc2c(cc1Br)OCO2. The van der Waals surface area contributed by atoms with Crippen molar-refractivity contribution in [3.63, 3.8) is 0 Å². The van der Waals surface area contributed by atoms with E-state index in [1.807, 2.05) is 26.0 Å². The van der Waals surface area contributed by atoms with Crippen molar-refractivity contribution in [2.45, 2.75) is 51.9 Å². The fraction of sp³-hybridized carbons (Fsp3) is 0.500. The summed E-state index contributed by atoms with van der Waals surface area (Å²) in [5.74, 6) is -0.0970. The third-order valence-corrected chi connectivity index (χ3v) is 6.34. The first-order valence-electron chi connectivity index (χ1n) is 10.1. The summed E-state index contributed by atoms with van der Waals surface area (Å²) in [7, 11) is 0. The maximum Gasteiger partial charge on any atom is 0.315 e. The van der Waals surface area contributed by atoms with E-state index in [2.05, 4.69) is 20.9 Å². The number of allylic oxidation sites excluding steroid dienone is 2. The van der Waals surface area contributed by atoms with Gasteiger partial charge in [-0.05, 0) is 43.9 Å². The molecule has 2 heterocycles. The van der Waals surface area contributed by atoms with Crippen molar-refractivity contribution in [1.29, 1.82) is 0 Å². The van der Waals surface area contributed by atoms with Crippen molar-refractivity contribution in [1.82, 2.24) is 0 Å². The fourth-order valence-corrected chi connectivity index (χ4v) is 4.79. The lowest BCUT2D eigenvalue weighted by atomic mass is 9.71. The van der Waals surface area contributed by atoms with Gasteiger partial charge in [0.05, 0.1) is 6.61 Å². The van der Waals surface area contributed by atoms with E-state index in [0.717, 1.165) is 41.4 Å². The third-order valence-electron chi connectivity index (χ3n) is 5.66. The van der Waals surface area contributed by atoms with Gasteiger partial charge in [-0.1, -0.05) is 29.3 Å². The van der Waals surface area contributed by atoms with Gasteiger partial charge in [0, 0.05) is 33.8 Å². The quantitative estimate of drug-likeness (QED) is 0.469. The molecule has 0 radical (unpaired) electrons. The lowest BCUT2D eigenvalue weighted by Crippen LogP contribution is -2.37. The van der Waals surface area contributed by atoms with E-state index in [0.29, 0.717) is 35.8 Å². The molecule has 3 aliphatic rings. The Labute approximate surface area is 178 Å². The normalized spacial score (nSPS) is 23.0. The van der Waals surface area contributed by atoms with Crippen molar-refractivity contribution in [3.05, 3.63) is 33.4 Å². The Kier molecular flexibility index (Phi) is 5.76. The highest BCUT2D eigenvalue weighted by atomic mass is 79.9. The molecule has 0 amide bonds. The summed E-state index contributed by atoms with van der Waals surface area (Å²) in [4.78, 5) is 30.7. The molecule has 154 valence electrons. The van der Waals surface area contributed by atoms with Crippen LogP contribution in [0.25, 0.3) is 0 Å². The topological polar surface area (TPSA) is 74.2 Å². The Morgan fingerprint density at radius 3 is 2.79 bits per heavy atom. The first-order chi connectivity index (χ1) is 14.0. The van der Waals surface area contributed by atoms with Crippen LogP contribution in [0.2, 0.25) is 0 Å². The molecule has 7 heteroatoms. The summed E-state index contributed by atoms with van der Waals surface area (Å²) in [6.07, 6.45) is 3.75. The molecule has 0 aromatic heterocycles. The summed E-state index contributed by atoms with van der Waals surface area (Å²) in [6, 6.07) is 3.71. The number of aliphatic imine (C=N–C) groups is 1. The van der Waals surface area contributed by atoms with E-state index in [1.54, 1.807) is 0 Å². The highest BCUT2D eigenvalue weighted by Crippen LogP contribution is 2.48. The molecule has 2 aliphatic heterocycles. The van der Waals surface area contributed by atoms with Crippen molar-refractivity contribution in [2.24, 2.45) is 10.9 Å². The number of esters is 1. The molecule has 0 bridgehead atoms. The summed E-state index contributed by atoms with van der Waals surface area (Å²) in [5.41, 5.74) is 2.95. The number of benzene rings is 1. The zero-order valence-corrected chi connectivity index (χ0v) is 18.2. The summed E-state index contributed by atoms with van der Waals surface area (Å²) >= 11 is 3.62. The van der Waals surface area contributed by atoms with Crippen LogP contribution in [0.4, 0.5) is 0 Å². The molecular formula is C22H24BrNO5. The van der Waals surface area contributed by atoms with Crippen LogP contribution >= 0.6 is 15.9 Å². The van der Waals surface area contributed by atoms with Crippen LogP contribution < -0.4 is 9.47 Å². The monoisotopic (exact) mass is 461 g/mol. The lowest BCUT2D eigenvalue weighted by molar-refractivity contribution is -0.146. The number of nitrogens with zero attached hydrogens (tertiary/aromatic N) is 1. The van der Waals surface area contributed by atoms with Crippen LogP contribution in [-0.4, -0.2) is 30.9 Å². The summed E-state index contributed by atoms with van der Waals surface area (Å²) in [5, 5.41) is 0. The number of carbonyl (C=O) groups is 2. The van der Waals surface area contributed by atoms with Crippen LogP contribution in [0.15, 0.2) is 32.9 Å². The summed E-state index contributed by atoms with van der Waals surface area (Å²) < 4.78 is 17.4. The predicted molar refractivity (Wildman–Crippen MR) is 111 cm³/mol. The molecule has 0 N–H and O–H groups in total. The van der Waals surface area contributed by atoms with Crippen LogP contribution in [0.5, 0.6) is 11.5 Å². The number of fused-ring (bicyclic) bond motifs is 1. The molecule has 1 unspecified atom stereocenters. The van der Waals surface area contributed by atoms with Crippen LogP contribution in [0.1, 0.15) is 57.4 Å². The molecule has 6 nitrogen and oxygen atoms in total. The molecule has 4 rings (SSSR count). The predicted octanol–water partition coefficient (Wildman–Crippen LogP) is 4.70. The second-order valence-electron chi connectivity index (χ2n) is 7.59. The molecule has 0 spiro atoms. The standard InChI is InChI=1S/C22H24BrNO5/c1-3-4-8-27-22(26)19-12(2)24-15-6-5-7-16(25)21(15)20(19)13-9-17-18(10-14(13)23)29-11-28-17/h9-10,19-20H,3-8,11H2,1-2H3/t19?,20-/m1/s1. The molecule has 0 saturated carbocycles. The number of hydrogen-bond acceptors (Lipinski definition) is 6. The van der Waals surface area contributed by atoms with Crippen molar-refractivity contribution in [2.75, 3.05) is 13.4 Å². The molecule has 29 heavy (non-hydrogen) atoms. The zero-order chi connectivity index (χ0) is 20.5. The molecule has 1 aliphatic carbocycles. The largest absolute Gasteiger partial charge is 0.465 e. The van der Waals surface area contributed by atoms with Gasteiger partial charge in [0.15, 0.2) is 17.3 Å². The van der Waals surface area contributed by atoms with Gasteiger partial charge in [0.2, 0.25) is 6.79 Å². The molecule has 0 saturated heterocycles. The average Bonchev–Trinajstić information content (AvgIpc) is 3.13. The number of unbranched alkanes of at least 4 members (excludes halogenated alkanes) is 1. The Balaban J connectivity index is 1.81. The fourth-order valence-electron chi connectivity index (χ4n) is 4.23. The second-order valence-corrected chi connectivity index (χ2v) is 8.45. The molecular weight excluding hydrogens is 438 g/mol.